The van der Waals surface area contributed by atoms with Crippen LogP contribution in [0.1, 0.15) is 9.67 Å². The molecule has 0 fully saturated rings. The summed E-state index contributed by atoms with van der Waals surface area (Å²) in [6.45, 7) is 0. The summed E-state index contributed by atoms with van der Waals surface area (Å²) in [6.07, 6.45) is 0. The number of phenols is 1. The number of esters is 1. The normalized spacial score (nSPS) is 10.5. The Morgan fingerprint density at radius 2 is 1.89 bits per heavy atom. The standard InChI is InChI=1S/C15H10O3S/c16-12-5-3-10-4-6-13(9-11(10)8-12)18-15(17)14-2-1-7-19-14/h1-9,16H. The van der Waals surface area contributed by atoms with E-state index in [0.717, 1.165) is 10.8 Å². The molecule has 0 aliphatic rings. The van der Waals surface area contributed by atoms with E-state index >= 15 is 0 Å². The first-order chi connectivity index (χ1) is 9.22. The smallest absolute Gasteiger partial charge is 0.353 e. The third-order valence-electron chi connectivity index (χ3n) is 2.73. The van der Waals surface area contributed by atoms with Gasteiger partial charge in [-0.2, -0.15) is 0 Å². The van der Waals surface area contributed by atoms with E-state index in [9.17, 15) is 9.90 Å². The Balaban J connectivity index is 1.91. The Morgan fingerprint density at radius 3 is 2.68 bits per heavy atom. The van der Waals surface area contributed by atoms with Gasteiger partial charge in [-0.15, -0.1) is 11.3 Å². The van der Waals surface area contributed by atoms with E-state index < -0.39 is 0 Å². The Labute approximate surface area is 113 Å². The van der Waals surface area contributed by atoms with Gasteiger partial charge in [0, 0.05) is 0 Å². The minimum Gasteiger partial charge on any atom is -0.508 e. The second-order valence-electron chi connectivity index (χ2n) is 4.06. The van der Waals surface area contributed by atoms with Crippen LogP contribution in [-0.4, -0.2) is 11.1 Å². The van der Waals surface area contributed by atoms with Crippen LogP contribution in [0.15, 0.2) is 53.9 Å². The highest BCUT2D eigenvalue weighted by Gasteiger charge is 2.09. The Kier molecular flexibility index (Phi) is 2.93. The summed E-state index contributed by atoms with van der Waals surface area (Å²) in [5.74, 6) is 0.292. The molecule has 0 atom stereocenters. The van der Waals surface area contributed by atoms with Gasteiger partial charge < -0.3 is 9.84 Å². The number of carbonyl (C=O) groups excluding carboxylic acids is 1. The molecule has 0 unspecified atom stereocenters. The maximum absolute atomic E-state index is 11.8. The number of carbonyl (C=O) groups is 1. The summed E-state index contributed by atoms with van der Waals surface area (Å²) < 4.78 is 5.30. The van der Waals surface area contributed by atoms with Crippen molar-refractivity contribution < 1.29 is 14.6 Å². The number of benzene rings is 2. The lowest BCUT2D eigenvalue weighted by Gasteiger charge is -2.05. The zero-order chi connectivity index (χ0) is 13.2. The average molecular weight is 270 g/mol. The molecule has 0 aliphatic heterocycles. The van der Waals surface area contributed by atoms with Crippen molar-refractivity contribution in [3.63, 3.8) is 0 Å². The first-order valence-electron chi connectivity index (χ1n) is 5.71. The monoisotopic (exact) mass is 270 g/mol. The topological polar surface area (TPSA) is 46.5 Å². The molecule has 0 amide bonds. The lowest BCUT2D eigenvalue weighted by Crippen LogP contribution is -2.05. The van der Waals surface area contributed by atoms with Gasteiger partial charge in [0.25, 0.3) is 0 Å². The molecule has 19 heavy (non-hydrogen) atoms. The fraction of sp³-hybridized carbons (Fsp3) is 0. The maximum atomic E-state index is 11.8. The van der Waals surface area contributed by atoms with Gasteiger partial charge in [0.15, 0.2) is 0 Å². The molecule has 2 aromatic carbocycles. The predicted octanol–water partition coefficient (Wildman–Crippen LogP) is 3.83. The van der Waals surface area contributed by atoms with Crippen LogP contribution in [0.25, 0.3) is 10.8 Å². The number of ether oxygens (including phenoxy) is 1. The van der Waals surface area contributed by atoms with Crippen LogP contribution < -0.4 is 4.74 Å². The van der Waals surface area contributed by atoms with Crippen molar-refractivity contribution in [2.24, 2.45) is 0 Å². The molecule has 0 aliphatic carbocycles. The lowest BCUT2D eigenvalue weighted by molar-refractivity contribution is 0.0740. The quantitative estimate of drug-likeness (QED) is 0.568. The molecule has 0 spiro atoms. The molecule has 1 aromatic heterocycles. The fourth-order valence-electron chi connectivity index (χ4n) is 1.83. The first kappa shape index (κ1) is 11.7. The molecule has 0 bridgehead atoms. The van der Waals surface area contributed by atoms with E-state index in [1.807, 2.05) is 17.5 Å². The van der Waals surface area contributed by atoms with E-state index in [1.54, 1.807) is 36.4 Å². The van der Waals surface area contributed by atoms with Crippen molar-refractivity contribution in [1.29, 1.82) is 0 Å². The molecule has 3 aromatic rings. The number of aromatic hydroxyl groups is 1. The van der Waals surface area contributed by atoms with Crippen LogP contribution in [0.4, 0.5) is 0 Å². The molecule has 1 N–H and O–H groups in total. The van der Waals surface area contributed by atoms with Crippen LogP contribution in [0.2, 0.25) is 0 Å². The van der Waals surface area contributed by atoms with E-state index in [0.29, 0.717) is 10.6 Å². The van der Waals surface area contributed by atoms with Crippen molar-refractivity contribution in [3.8, 4) is 11.5 Å². The van der Waals surface area contributed by atoms with Crippen molar-refractivity contribution in [1.82, 2.24) is 0 Å². The van der Waals surface area contributed by atoms with Crippen LogP contribution in [0.3, 0.4) is 0 Å². The van der Waals surface area contributed by atoms with Crippen LogP contribution in [-0.2, 0) is 0 Å². The number of hydrogen-bond acceptors (Lipinski definition) is 4. The van der Waals surface area contributed by atoms with Crippen molar-refractivity contribution >= 4 is 28.1 Å². The SMILES string of the molecule is O=C(Oc1ccc2ccc(O)cc2c1)c1cccs1. The Morgan fingerprint density at radius 1 is 1.05 bits per heavy atom. The van der Waals surface area contributed by atoms with E-state index in [2.05, 4.69) is 0 Å². The summed E-state index contributed by atoms with van der Waals surface area (Å²) in [5.41, 5.74) is 0. The van der Waals surface area contributed by atoms with Crippen molar-refractivity contribution in [2.45, 2.75) is 0 Å². The number of rotatable bonds is 2. The molecule has 0 saturated carbocycles. The summed E-state index contributed by atoms with van der Waals surface area (Å²) in [6, 6.07) is 13.9. The molecular weight excluding hydrogens is 260 g/mol. The highest BCUT2D eigenvalue weighted by atomic mass is 32.1. The minimum atomic E-state index is -0.366. The van der Waals surface area contributed by atoms with Gasteiger partial charge in [0.1, 0.15) is 16.4 Å². The van der Waals surface area contributed by atoms with Gasteiger partial charge in [-0.05, 0) is 46.5 Å². The number of phenolic OH excluding ortho intramolecular Hbond substituents is 1. The lowest BCUT2D eigenvalue weighted by atomic mass is 10.1. The Hall–Kier alpha value is -2.33. The number of fused-ring (bicyclic) bond motifs is 1. The van der Waals surface area contributed by atoms with Crippen LogP contribution in [0, 0.1) is 0 Å². The fourth-order valence-corrected chi connectivity index (χ4v) is 2.43. The van der Waals surface area contributed by atoms with Crippen LogP contribution in [0.5, 0.6) is 11.5 Å². The largest absolute Gasteiger partial charge is 0.508 e. The van der Waals surface area contributed by atoms with Crippen molar-refractivity contribution in [2.75, 3.05) is 0 Å². The zero-order valence-electron chi connectivity index (χ0n) is 9.87. The highest BCUT2D eigenvalue weighted by molar-refractivity contribution is 7.12. The van der Waals surface area contributed by atoms with Crippen molar-refractivity contribution in [3.05, 3.63) is 58.8 Å². The van der Waals surface area contributed by atoms with Gasteiger partial charge in [0.2, 0.25) is 0 Å². The van der Waals surface area contributed by atoms with E-state index in [-0.39, 0.29) is 11.7 Å². The van der Waals surface area contributed by atoms with Gasteiger partial charge in [-0.3, -0.25) is 0 Å². The molecule has 1 heterocycles. The summed E-state index contributed by atoms with van der Waals surface area (Å²) in [4.78, 5) is 12.4. The minimum absolute atomic E-state index is 0.189. The third kappa shape index (κ3) is 2.44. The van der Waals surface area contributed by atoms with Crippen LogP contribution >= 0.6 is 11.3 Å². The molecular formula is C15H10O3S. The van der Waals surface area contributed by atoms with Gasteiger partial charge in [-0.25, -0.2) is 4.79 Å². The van der Waals surface area contributed by atoms with E-state index in [4.69, 9.17) is 4.74 Å². The van der Waals surface area contributed by atoms with Gasteiger partial charge in [0.05, 0.1) is 0 Å². The van der Waals surface area contributed by atoms with E-state index in [1.165, 1.54) is 11.3 Å². The third-order valence-corrected chi connectivity index (χ3v) is 3.58. The predicted molar refractivity (Wildman–Crippen MR) is 74.9 cm³/mol. The first-order valence-corrected chi connectivity index (χ1v) is 6.59. The highest BCUT2D eigenvalue weighted by Crippen LogP contribution is 2.25. The Bertz CT molecular complexity index is 732. The molecule has 94 valence electrons. The summed E-state index contributed by atoms with van der Waals surface area (Å²) >= 11 is 1.34. The van der Waals surface area contributed by atoms with Gasteiger partial charge in [-0.1, -0.05) is 18.2 Å². The second-order valence-corrected chi connectivity index (χ2v) is 5.01. The molecule has 4 heteroatoms. The summed E-state index contributed by atoms with van der Waals surface area (Å²) in [5, 5.41) is 13.1. The second kappa shape index (κ2) is 4.74. The molecule has 0 radical (unpaired) electrons. The zero-order valence-corrected chi connectivity index (χ0v) is 10.7. The molecule has 3 rings (SSSR count). The maximum Gasteiger partial charge on any atom is 0.353 e. The average Bonchev–Trinajstić information content (AvgIpc) is 2.92. The number of hydrogen-bond donors (Lipinski definition) is 1. The molecule has 0 saturated heterocycles. The number of thiophene rings is 1. The summed E-state index contributed by atoms with van der Waals surface area (Å²) in [7, 11) is 0. The molecule has 3 nitrogen and oxygen atoms in total. The van der Waals surface area contributed by atoms with Gasteiger partial charge >= 0.3 is 5.97 Å².